The minimum Gasteiger partial charge on any atom is -0.306 e. The molecule has 1 aliphatic heterocycles. The van der Waals surface area contributed by atoms with Gasteiger partial charge in [-0.3, -0.25) is 0 Å². The summed E-state index contributed by atoms with van der Waals surface area (Å²) in [5.41, 5.74) is 0. The van der Waals surface area contributed by atoms with E-state index in [4.69, 9.17) is 0 Å². The topological polar surface area (TPSA) is 3.24 Å². The number of likely N-dealkylation sites (tertiary alicyclic amines) is 1. The fraction of sp³-hybridized carbons (Fsp3) is 1.00. The Morgan fingerprint density at radius 2 is 1.64 bits per heavy atom. The van der Waals surface area contributed by atoms with E-state index in [1.807, 2.05) is 13.8 Å². The summed E-state index contributed by atoms with van der Waals surface area (Å²) < 4.78 is 0. The molecule has 0 aromatic rings. The van der Waals surface area contributed by atoms with Gasteiger partial charge in [0.2, 0.25) is 0 Å². The maximum Gasteiger partial charge on any atom is 0.000937 e. The highest BCUT2D eigenvalue weighted by Crippen LogP contribution is 2.44. The van der Waals surface area contributed by atoms with E-state index in [1.54, 1.807) is 25.7 Å². The molecule has 0 amide bonds. The number of hydrogen-bond donors (Lipinski definition) is 0. The Morgan fingerprint density at radius 1 is 0.864 bits per heavy atom. The predicted molar refractivity (Wildman–Crippen MR) is 98.1 cm³/mol. The van der Waals surface area contributed by atoms with Crippen LogP contribution < -0.4 is 0 Å². The molecule has 6 atom stereocenters. The number of rotatable bonds is 2. The molecule has 0 aromatic heterocycles. The van der Waals surface area contributed by atoms with Crippen molar-refractivity contribution >= 4 is 0 Å². The Morgan fingerprint density at radius 3 is 2.36 bits per heavy atom. The summed E-state index contributed by atoms with van der Waals surface area (Å²) >= 11 is 0. The van der Waals surface area contributed by atoms with Crippen molar-refractivity contribution in [2.75, 3.05) is 20.1 Å². The average molecular weight is 308 g/mol. The van der Waals surface area contributed by atoms with Gasteiger partial charge in [-0.15, -0.1) is 0 Å². The van der Waals surface area contributed by atoms with Crippen LogP contribution in [0.4, 0.5) is 0 Å². The second kappa shape index (κ2) is 8.71. The maximum atomic E-state index is 2.58. The van der Waals surface area contributed by atoms with E-state index >= 15 is 0 Å². The zero-order valence-corrected chi connectivity index (χ0v) is 16.0. The standard InChI is InChI=1S/C19H35N.C2H6/c1-14-4-6-18(15(2)10-14)11-16-5-7-17-8-9-20(3)13-19(17)12-16;1-2/h14-19H,4-13H2,1-3H3;1-2H3. The molecular formula is C21H41N. The molecule has 3 rings (SSSR count). The van der Waals surface area contributed by atoms with Gasteiger partial charge < -0.3 is 4.90 Å². The molecule has 0 radical (unpaired) electrons. The molecular weight excluding hydrogens is 266 g/mol. The monoisotopic (exact) mass is 307 g/mol. The number of nitrogens with zero attached hydrogens (tertiary/aromatic N) is 1. The van der Waals surface area contributed by atoms with Crippen LogP contribution in [0.25, 0.3) is 0 Å². The lowest BCUT2D eigenvalue weighted by atomic mass is 9.66. The lowest BCUT2D eigenvalue weighted by molar-refractivity contribution is 0.0620. The van der Waals surface area contributed by atoms with E-state index in [-0.39, 0.29) is 0 Å². The summed E-state index contributed by atoms with van der Waals surface area (Å²) in [4.78, 5) is 2.58. The average Bonchev–Trinajstić information content (AvgIpc) is 2.52. The third-order valence-electron chi connectivity index (χ3n) is 6.92. The Bertz CT molecular complexity index is 313. The van der Waals surface area contributed by atoms with Crippen LogP contribution in [0.5, 0.6) is 0 Å². The highest BCUT2D eigenvalue weighted by molar-refractivity contribution is 4.87. The first kappa shape index (κ1) is 18.3. The first-order chi connectivity index (χ1) is 10.6. The highest BCUT2D eigenvalue weighted by atomic mass is 15.1. The molecule has 1 heterocycles. The number of hydrogen-bond acceptors (Lipinski definition) is 1. The summed E-state index contributed by atoms with van der Waals surface area (Å²) in [5, 5.41) is 0. The predicted octanol–water partition coefficient (Wildman–Crippen LogP) is 5.84. The van der Waals surface area contributed by atoms with Crippen molar-refractivity contribution in [3.05, 3.63) is 0 Å². The highest BCUT2D eigenvalue weighted by Gasteiger charge is 2.35. The van der Waals surface area contributed by atoms with Crippen molar-refractivity contribution in [2.45, 2.75) is 79.1 Å². The summed E-state index contributed by atoms with van der Waals surface area (Å²) in [6, 6.07) is 0. The van der Waals surface area contributed by atoms with Crippen molar-refractivity contribution in [3.63, 3.8) is 0 Å². The van der Waals surface area contributed by atoms with Crippen LogP contribution in [0.3, 0.4) is 0 Å². The molecule has 3 aliphatic rings. The third-order valence-corrected chi connectivity index (χ3v) is 6.92. The molecule has 0 aromatic carbocycles. The van der Waals surface area contributed by atoms with Gasteiger partial charge in [-0.05, 0) is 87.6 Å². The van der Waals surface area contributed by atoms with Gasteiger partial charge >= 0.3 is 0 Å². The molecule has 0 bridgehead atoms. The summed E-state index contributed by atoms with van der Waals surface area (Å²) in [7, 11) is 2.32. The third kappa shape index (κ3) is 4.73. The largest absolute Gasteiger partial charge is 0.306 e. The molecule has 1 nitrogen and oxygen atoms in total. The summed E-state index contributed by atoms with van der Waals surface area (Å²) in [6.07, 6.45) is 12.2. The fourth-order valence-corrected chi connectivity index (χ4v) is 5.63. The normalized spacial score (nSPS) is 43.0. The first-order valence-electron chi connectivity index (χ1n) is 10.3. The van der Waals surface area contributed by atoms with Crippen molar-refractivity contribution in [1.82, 2.24) is 4.90 Å². The zero-order chi connectivity index (χ0) is 16.1. The van der Waals surface area contributed by atoms with Crippen LogP contribution >= 0.6 is 0 Å². The van der Waals surface area contributed by atoms with E-state index in [0.717, 1.165) is 35.5 Å². The van der Waals surface area contributed by atoms with Crippen molar-refractivity contribution < 1.29 is 0 Å². The molecule has 3 fully saturated rings. The van der Waals surface area contributed by atoms with Crippen molar-refractivity contribution in [1.29, 1.82) is 0 Å². The molecule has 22 heavy (non-hydrogen) atoms. The molecule has 0 N–H and O–H groups in total. The smallest absolute Gasteiger partial charge is 0.000937 e. The van der Waals surface area contributed by atoms with E-state index in [9.17, 15) is 0 Å². The van der Waals surface area contributed by atoms with E-state index in [2.05, 4.69) is 25.8 Å². The first-order valence-corrected chi connectivity index (χ1v) is 10.3. The molecule has 6 unspecified atom stereocenters. The lowest BCUT2D eigenvalue weighted by Crippen LogP contribution is -2.41. The summed E-state index contributed by atoms with van der Waals surface area (Å²) in [6.45, 7) is 11.7. The summed E-state index contributed by atoms with van der Waals surface area (Å²) in [5.74, 6) is 6.20. The zero-order valence-electron chi connectivity index (χ0n) is 16.0. The fourth-order valence-electron chi connectivity index (χ4n) is 5.63. The Hall–Kier alpha value is -0.0400. The molecule has 0 spiro atoms. The van der Waals surface area contributed by atoms with Crippen LogP contribution in [0.15, 0.2) is 0 Å². The number of fused-ring (bicyclic) bond motifs is 1. The van der Waals surface area contributed by atoms with Crippen molar-refractivity contribution in [2.24, 2.45) is 35.5 Å². The number of piperidine rings is 1. The molecule has 130 valence electrons. The SMILES string of the molecule is CC.CC1CCC(CC2CCC3CCN(C)CC3C2)C(C)C1. The van der Waals surface area contributed by atoms with E-state index < -0.39 is 0 Å². The van der Waals surface area contributed by atoms with Crippen LogP contribution in [0, 0.1) is 35.5 Å². The van der Waals surface area contributed by atoms with E-state index in [1.165, 1.54) is 38.8 Å². The van der Waals surface area contributed by atoms with Crippen molar-refractivity contribution in [3.8, 4) is 0 Å². The molecule has 1 heteroatoms. The second-order valence-corrected chi connectivity index (χ2v) is 8.64. The molecule has 2 aliphatic carbocycles. The van der Waals surface area contributed by atoms with Crippen LogP contribution in [0.2, 0.25) is 0 Å². The van der Waals surface area contributed by atoms with Gasteiger partial charge in [-0.2, -0.15) is 0 Å². The van der Waals surface area contributed by atoms with Crippen LogP contribution in [-0.4, -0.2) is 25.0 Å². The van der Waals surface area contributed by atoms with E-state index in [0.29, 0.717) is 0 Å². The quantitative estimate of drug-likeness (QED) is 0.619. The minimum atomic E-state index is 0.990. The molecule has 1 saturated heterocycles. The van der Waals surface area contributed by atoms with Gasteiger partial charge in [0.15, 0.2) is 0 Å². The van der Waals surface area contributed by atoms with Gasteiger partial charge in [0, 0.05) is 6.54 Å². The molecule has 2 saturated carbocycles. The van der Waals surface area contributed by atoms with Gasteiger partial charge in [0.25, 0.3) is 0 Å². The van der Waals surface area contributed by atoms with Gasteiger partial charge in [0.1, 0.15) is 0 Å². The van der Waals surface area contributed by atoms with Gasteiger partial charge in [-0.25, -0.2) is 0 Å². The van der Waals surface area contributed by atoms with Gasteiger partial charge in [-0.1, -0.05) is 40.5 Å². The maximum absolute atomic E-state index is 2.58. The Balaban J connectivity index is 0.000000847. The Labute approximate surface area is 140 Å². The van der Waals surface area contributed by atoms with Crippen LogP contribution in [0.1, 0.15) is 79.1 Å². The lowest BCUT2D eigenvalue weighted by Gasteiger charge is -2.44. The second-order valence-electron chi connectivity index (χ2n) is 8.64. The van der Waals surface area contributed by atoms with Gasteiger partial charge in [0.05, 0.1) is 0 Å². The van der Waals surface area contributed by atoms with Crippen LogP contribution in [-0.2, 0) is 0 Å². The Kier molecular flexibility index (Phi) is 7.25. The minimum absolute atomic E-state index is 0.990.